The quantitative estimate of drug-likeness (QED) is 0.0343. The molecule has 0 aromatic rings. The zero-order valence-corrected chi connectivity index (χ0v) is 46.0. The van der Waals surface area contributed by atoms with Gasteiger partial charge in [0, 0.05) is 19.3 Å². The fraction of sp³-hybridized carbons (Fsp3) is 0.951. The lowest BCUT2D eigenvalue weighted by atomic mass is 10.0. The predicted octanol–water partition coefficient (Wildman–Crippen LogP) is 20.0. The van der Waals surface area contributed by atoms with E-state index in [2.05, 4.69) is 34.6 Å². The van der Waals surface area contributed by atoms with Gasteiger partial charge in [0.2, 0.25) is 0 Å². The molecule has 67 heavy (non-hydrogen) atoms. The van der Waals surface area contributed by atoms with E-state index in [1.807, 2.05) is 0 Å². The zero-order valence-electron chi connectivity index (χ0n) is 46.0. The molecule has 398 valence electrons. The Bertz CT molecular complexity index is 1020. The van der Waals surface area contributed by atoms with E-state index in [0.29, 0.717) is 19.3 Å². The molecule has 0 amide bonds. The number of hydrogen-bond donors (Lipinski definition) is 0. The molecular weight excluding hydrogens is 829 g/mol. The van der Waals surface area contributed by atoms with E-state index >= 15 is 0 Å². The minimum absolute atomic E-state index is 0.0627. The number of esters is 3. The van der Waals surface area contributed by atoms with Crippen LogP contribution >= 0.6 is 0 Å². The molecule has 0 heterocycles. The molecule has 0 N–H and O–H groups in total. The van der Waals surface area contributed by atoms with Crippen molar-refractivity contribution < 1.29 is 28.6 Å². The summed E-state index contributed by atoms with van der Waals surface area (Å²) in [4.78, 5) is 38.2. The van der Waals surface area contributed by atoms with Crippen LogP contribution in [0, 0.1) is 11.8 Å². The Morgan fingerprint density at radius 1 is 0.284 bits per heavy atom. The third kappa shape index (κ3) is 55.2. The Kier molecular flexibility index (Phi) is 52.5. The Labute approximate surface area is 418 Å². The minimum Gasteiger partial charge on any atom is -0.462 e. The van der Waals surface area contributed by atoms with Crippen LogP contribution in [0.25, 0.3) is 0 Å². The zero-order chi connectivity index (χ0) is 48.9. The first-order valence-electron chi connectivity index (χ1n) is 30.2. The van der Waals surface area contributed by atoms with Crippen LogP contribution in [0.1, 0.15) is 343 Å². The van der Waals surface area contributed by atoms with E-state index in [1.54, 1.807) is 0 Å². The summed E-state index contributed by atoms with van der Waals surface area (Å²) >= 11 is 0. The third-order valence-corrected chi connectivity index (χ3v) is 14.0. The normalized spacial score (nSPS) is 12.0. The predicted molar refractivity (Wildman–Crippen MR) is 289 cm³/mol. The highest BCUT2D eigenvalue weighted by Gasteiger charge is 2.19. The summed E-state index contributed by atoms with van der Waals surface area (Å²) in [5.41, 5.74) is 0. The first-order chi connectivity index (χ1) is 32.7. The molecule has 0 radical (unpaired) electrons. The van der Waals surface area contributed by atoms with E-state index in [0.717, 1.165) is 69.6 Å². The van der Waals surface area contributed by atoms with Crippen LogP contribution in [0.3, 0.4) is 0 Å². The SMILES string of the molecule is CCCCCCCCCCCCCCCCCCCCCC(=O)O[C@H](COC(=O)CCCCCCCCCCCCCCCCCC(C)C)COC(=O)CCCCCCCCCCCC(C)C. The van der Waals surface area contributed by atoms with Crippen molar-refractivity contribution in [2.75, 3.05) is 13.2 Å². The second kappa shape index (κ2) is 53.8. The molecule has 0 fully saturated rings. The Balaban J connectivity index is 4.26. The average molecular weight is 948 g/mol. The van der Waals surface area contributed by atoms with Gasteiger partial charge in [-0.3, -0.25) is 14.4 Å². The van der Waals surface area contributed by atoms with Gasteiger partial charge in [0.05, 0.1) is 0 Å². The number of rotatable bonds is 55. The minimum atomic E-state index is -0.763. The molecule has 0 unspecified atom stereocenters. The summed E-state index contributed by atoms with van der Waals surface area (Å²) in [7, 11) is 0. The van der Waals surface area contributed by atoms with E-state index in [9.17, 15) is 14.4 Å². The van der Waals surface area contributed by atoms with Crippen LogP contribution in [0.5, 0.6) is 0 Å². The van der Waals surface area contributed by atoms with Crippen LogP contribution < -0.4 is 0 Å². The van der Waals surface area contributed by atoms with Gasteiger partial charge in [-0.15, -0.1) is 0 Å². The smallest absolute Gasteiger partial charge is 0.306 e. The fourth-order valence-corrected chi connectivity index (χ4v) is 9.40. The summed E-state index contributed by atoms with van der Waals surface area (Å²) in [6, 6.07) is 0. The van der Waals surface area contributed by atoms with Gasteiger partial charge in [-0.2, -0.15) is 0 Å². The summed E-state index contributed by atoms with van der Waals surface area (Å²) in [6.07, 6.45) is 58.2. The lowest BCUT2D eigenvalue weighted by Gasteiger charge is -2.18. The molecule has 0 aromatic carbocycles. The Morgan fingerprint density at radius 2 is 0.493 bits per heavy atom. The van der Waals surface area contributed by atoms with E-state index < -0.39 is 6.10 Å². The van der Waals surface area contributed by atoms with E-state index in [4.69, 9.17) is 14.2 Å². The van der Waals surface area contributed by atoms with Crippen LogP contribution in [0.4, 0.5) is 0 Å². The number of unbranched alkanes of at least 4 members (excludes halogenated alkanes) is 40. The number of carbonyl (C=O) groups is 3. The number of hydrogen-bond acceptors (Lipinski definition) is 6. The van der Waals surface area contributed by atoms with Crippen molar-refractivity contribution in [3.63, 3.8) is 0 Å². The largest absolute Gasteiger partial charge is 0.462 e. The summed E-state index contributed by atoms with van der Waals surface area (Å²) < 4.78 is 16.9. The van der Waals surface area contributed by atoms with Gasteiger partial charge in [-0.25, -0.2) is 0 Å². The van der Waals surface area contributed by atoms with Gasteiger partial charge in [-0.1, -0.05) is 304 Å². The van der Waals surface area contributed by atoms with Crippen molar-refractivity contribution in [1.82, 2.24) is 0 Å². The highest BCUT2D eigenvalue weighted by molar-refractivity contribution is 5.71. The van der Waals surface area contributed by atoms with Gasteiger partial charge < -0.3 is 14.2 Å². The van der Waals surface area contributed by atoms with Crippen LogP contribution in [-0.4, -0.2) is 37.2 Å². The maximum atomic E-state index is 12.9. The van der Waals surface area contributed by atoms with Crippen LogP contribution in [0.2, 0.25) is 0 Å². The highest BCUT2D eigenvalue weighted by Crippen LogP contribution is 2.18. The van der Waals surface area contributed by atoms with Crippen molar-refractivity contribution >= 4 is 17.9 Å². The van der Waals surface area contributed by atoms with Crippen molar-refractivity contribution in [3.05, 3.63) is 0 Å². The van der Waals surface area contributed by atoms with Gasteiger partial charge in [0.1, 0.15) is 13.2 Å². The monoisotopic (exact) mass is 947 g/mol. The molecule has 0 saturated carbocycles. The Hall–Kier alpha value is -1.59. The maximum absolute atomic E-state index is 12.9. The van der Waals surface area contributed by atoms with Gasteiger partial charge in [0.25, 0.3) is 0 Å². The second-order valence-electron chi connectivity index (χ2n) is 21.9. The summed E-state index contributed by atoms with van der Waals surface area (Å²) in [5.74, 6) is 0.820. The molecule has 1 atom stereocenters. The Morgan fingerprint density at radius 3 is 0.731 bits per heavy atom. The van der Waals surface area contributed by atoms with E-state index in [-0.39, 0.29) is 31.1 Å². The van der Waals surface area contributed by atoms with Crippen LogP contribution in [-0.2, 0) is 28.6 Å². The lowest BCUT2D eigenvalue weighted by molar-refractivity contribution is -0.167. The first kappa shape index (κ1) is 65.4. The van der Waals surface area contributed by atoms with Crippen LogP contribution in [0.15, 0.2) is 0 Å². The molecule has 0 bridgehead atoms. The van der Waals surface area contributed by atoms with E-state index in [1.165, 1.54) is 231 Å². The standard InChI is InChI=1S/C61H118O6/c1-6-7-8-9-10-11-12-13-14-15-16-17-20-24-27-32-38-43-48-53-61(64)67-58(55-66-60(63)52-47-42-37-33-28-30-35-40-45-50-57(4)5)54-65-59(62)51-46-41-36-31-26-23-21-18-19-22-25-29-34-39-44-49-56(2)3/h56-58H,6-55H2,1-5H3/t58-/m1/s1. The van der Waals surface area contributed by atoms with Crippen molar-refractivity contribution in [2.45, 2.75) is 349 Å². The molecule has 0 aliphatic heterocycles. The molecule has 0 aliphatic carbocycles. The number of carbonyl (C=O) groups excluding carboxylic acids is 3. The summed E-state index contributed by atoms with van der Waals surface area (Å²) in [6.45, 7) is 11.4. The number of ether oxygens (including phenoxy) is 3. The molecular formula is C61H118O6. The first-order valence-corrected chi connectivity index (χ1v) is 30.2. The molecule has 0 spiro atoms. The molecule has 0 aliphatic rings. The lowest BCUT2D eigenvalue weighted by Crippen LogP contribution is -2.30. The molecule has 0 aromatic heterocycles. The summed E-state index contributed by atoms with van der Waals surface area (Å²) in [5, 5.41) is 0. The molecule has 0 rings (SSSR count). The topological polar surface area (TPSA) is 78.9 Å². The van der Waals surface area contributed by atoms with Crippen molar-refractivity contribution in [2.24, 2.45) is 11.8 Å². The fourth-order valence-electron chi connectivity index (χ4n) is 9.40. The maximum Gasteiger partial charge on any atom is 0.306 e. The molecule has 6 heteroatoms. The molecule has 0 saturated heterocycles. The van der Waals surface area contributed by atoms with Gasteiger partial charge in [-0.05, 0) is 31.1 Å². The van der Waals surface area contributed by atoms with Crippen molar-refractivity contribution in [3.8, 4) is 0 Å². The molecule has 6 nitrogen and oxygen atoms in total. The highest BCUT2D eigenvalue weighted by atomic mass is 16.6. The second-order valence-corrected chi connectivity index (χ2v) is 21.9. The third-order valence-electron chi connectivity index (χ3n) is 14.0. The van der Waals surface area contributed by atoms with Crippen molar-refractivity contribution in [1.29, 1.82) is 0 Å². The average Bonchev–Trinajstić information content (AvgIpc) is 3.30. The van der Waals surface area contributed by atoms with Gasteiger partial charge in [0.15, 0.2) is 6.10 Å². The van der Waals surface area contributed by atoms with Gasteiger partial charge >= 0.3 is 17.9 Å².